The summed E-state index contributed by atoms with van der Waals surface area (Å²) in [6, 6.07) is 11.1. The topological polar surface area (TPSA) is 96.0 Å². The molecule has 10 heteroatoms. The van der Waals surface area contributed by atoms with Crippen molar-refractivity contribution >= 4 is 27.5 Å². The number of benzene rings is 2. The Morgan fingerprint density at radius 3 is 2.15 bits per heavy atom. The smallest absolute Gasteiger partial charge is 0.244 e. The van der Waals surface area contributed by atoms with E-state index in [9.17, 15) is 22.4 Å². The SMILES string of the molecule is CCNC(=O)[C@@H](CC)N(Cc1ccc(OC)cc1)C(=O)CN(c1ccc(F)cc1)S(C)(=O)=O. The third-order valence-corrected chi connectivity index (χ3v) is 6.18. The molecule has 0 aliphatic carbocycles. The minimum atomic E-state index is -3.86. The summed E-state index contributed by atoms with van der Waals surface area (Å²) in [5.41, 5.74) is 0.905. The first kappa shape index (κ1) is 26.1. The molecule has 0 heterocycles. The van der Waals surface area contributed by atoms with E-state index < -0.39 is 34.3 Å². The third kappa shape index (κ3) is 7.18. The number of amides is 2. The fraction of sp³-hybridized carbons (Fsp3) is 0.391. The number of likely N-dealkylation sites (N-methyl/N-ethyl adjacent to an activating group) is 1. The molecule has 2 aromatic rings. The zero-order valence-electron chi connectivity index (χ0n) is 19.2. The van der Waals surface area contributed by atoms with Crippen LogP contribution in [-0.4, -0.2) is 57.6 Å². The molecule has 0 radical (unpaired) electrons. The van der Waals surface area contributed by atoms with E-state index in [2.05, 4.69) is 5.32 Å². The summed E-state index contributed by atoms with van der Waals surface area (Å²) >= 11 is 0. The van der Waals surface area contributed by atoms with E-state index in [1.165, 1.54) is 17.0 Å². The van der Waals surface area contributed by atoms with Gasteiger partial charge >= 0.3 is 0 Å². The highest BCUT2D eigenvalue weighted by Gasteiger charge is 2.31. The number of nitrogens with one attached hydrogen (secondary N) is 1. The number of anilines is 1. The van der Waals surface area contributed by atoms with Gasteiger partial charge in [-0.2, -0.15) is 0 Å². The van der Waals surface area contributed by atoms with Crippen molar-refractivity contribution in [2.45, 2.75) is 32.9 Å². The van der Waals surface area contributed by atoms with Gasteiger partial charge in [0.15, 0.2) is 0 Å². The summed E-state index contributed by atoms with van der Waals surface area (Å²) in [5, 5.41) is 2.73. The first-order valence-corrected chi connectivity index (χ1v) is 12.4. The summed E-state index contributed by atoms with van der Waals surface area (Å²) < 4.78 is 44.3. The second-order valence-electron chi connectivity index (χ2n) is 7.43. The van der Waals surface area contributed by atoms with Crippen LogP contribution in [0.2, 0.25) is 0 Å². The second-order valence-corrected chi connectivity index (χ2v) is 9.34. The van der Waals surface area contributed by atoms with Gasteiger partial charge in [0.05, 0.1) is 19.1 Å². The average molecular weight is 480 g/mol. The third-order valence-electron chi connectivity index (χ3n) is 5.04. The highest BCUT2D eigenvalue weighted by Crippen LogP contribution is 2.21. The quantitative estimate of drug-likeness (QED) is 0.534. The molecule has 0 saturated heterocycles. The van der Waals surface area contributed by atoms with E-state index in [4.69, 9.17) is 4.74 Å². The van der Waals surface area contributed by atoms with E-state index in [-0.39, 0.29) is 18.1 Å². The molecule has 2 rings (SSSR count). The Labute approximate surface area is 194 Å². The maximum atomic E-state index is 13.4. The number of nitrogens with zero attached hydrogens (tertiary/aromatic N) is 2. The number of carbonyl (C=O) groups excluding carboxylic acids is 2. The molecule has 33 heavy (non-hydrogen) atoms. The molecule has 0 saturated carbocycles. The second kappa shape index (κ2) is 11.6. The van der Waals surface area contributed by atoms with Crippen LogP contribution in [0, 0.1) is 5.82 Å². The lowest BCUT2D eigenvalue weighted by Crippen LogP contribution is -2.52. The lowest BCUT2D eigenvalue weighted by Gasteiger charge is -2.32. The maximum absolute atomic E-state index is 13.4. The molecule has 8 nitrogen and oxygen atoms in total. The van der Waals surface area contributed by atoms with Crippen molar-refractivity contribution in [2.75, 3.05) is 30.8 Å². The van der Waals surface area contributed by atoms with E-state index in [1.54, 1.807) is 45.2 Å². The van der Waals surface area contributed by atoms with Gasteiger partial charge in [-0.05, 0) is 55.3 Å². The van der Waals surface area contributed by atoms with Crippen molar-refractivity contribution in [1.29, 1.82) is 0 Å². The lowest BCUT2D eigenvalue weighted by atomic mass is 10.1. The average Bonchev–Trinajstić information content (AvgIpc) is 2.77. The molecule has 180 valence electrons. The standard InChI is InChI=1S/C23H30FN3O5S/c1-5-21(23(29)25-6-2)26(15-17-7-13-20(32-3)14-8-17)22(28)16-27(33(4,30)31)19-11-9-18(24)10-12-19/h7-14,21H,5-6,15-16H2,1-4H3,(H,25,29)/t21-/m1/s1. The van der Waals surface area contributed by atoms with Gasteiger partial charge in [-0.15, -0.1) is 0 Å². The van der Waals surface area contributed by atoms with Gasteiger partial charge in [-0.3, -0.25) is 13.9 Å². The summed E-state index contributed by atoms with van der Waals surface area (Å²) in [4.78, 5) is 27.5. The maximum Gasteiger partial charge on any atom is 0.244 e. The van der Waals surface area contributed by atoms with Crippen LogP contribution in [0.25, 0.3) is 0 Å². The van der Waals surface area contributed by atoms with Crippen LogP contribution in [0.15, 0.2) is 48.5 Å². The fourth-order valence-electron chi connectivity index (χ4n) is 3.36. The lowest BCUT2D eigenvalue weighted by molar-refractivity contribution is -0.140. The van der Waals surface area contributed by atoms with Crippen LogP contribution in [0.4, 0.5) is 10.1 Å². The van der Waals surface area contributed by atoms with Gasteiger partial charge in [-0.25, -0.2) is 12.8 Å². The summed E-state index contributed by atoms with van der Waals surface area (Å²) in [7, 11) is -2.31. The molecular weight excluding hydrogens is 449 g/mol. The van der Waals surface area contributed by atoms with Crippen LogP contribution in [0.3, 0.4) is 0 Å². The van der Waals surface area contributed by atoms with E-state index in [1.807, 2.05) is 0 Å². The highest BCUT2D eigenvalue weighted by molar-refractivity contribution is 7.92. The van der Waals surface area contributed by atoms with Crippen LogP contribution in [0.5, 0.6) is 5.75 Å². The number of halogens is 1. The summed E-state index contributed by atoms with van der Waals surface area (Å²) in [6.45, 7) is 3.52. The van der Waals surface area contributed by atoms with Crippen molar-refractivity contribution in [2.24, 2.45) is 0 Å². The Kier molecular flexibility index (Phi) is 9.22. The number of methoxy groups -OCH3 is 1. The Morgan fingerprint density at radius 2 is 1.67 bits per heavy atom. The Hall–Kier alpha value is -3.14. The van der Waals surface area contributed by atoms with Crippen LogP contribution in [0.1, 0.15) is 25.8 Å². The minimum absolute atomic E-state index is 0.0967. The van der Waals surface area contributed by atoms with Crippen LogP contribution in [-0.2, 0) is 26.2 Å². The van der Waals surface area contributed by atoms with Crippen molar-refractivity contribution in [3.8, 4) is 5.75 Å². The Morgan fingerprint density at radius 1 is 1.06 bits per heavy atom. The molecule has 0 bridgehead atoms. The fourth-order valence-corrected chi connectivity index (χ4v) is 4.21. The number of hydrogen-bond donors (Lipinski definition) is 1. The molecule has 0 spiro atoms. The molecule has 0 aliphatic rings. The Balaban J connectivity index is 2.40. The van der Waals surface area contributed by atoms with Crippen LogP contribution < -0.4 is 14.4 Å². The minimum Gasteiger partial charge on any atom is -0.497 e. The van der Waals surface area contributed by atoms with E-state index in [0.717, 1.165) is 28.3 Å². The highest BCUT2D eigenvalue weighted by atomic mass is 32.2. The normalized spacial score (nSPS) is 12.0. The zero-order valence-corrected chi connectivity index (χ0v) is 20.1. The molecule has 1 N–H and O–H groups in total. The monoisotopic (exact) mass is 479 g/mol. The number of hydrogen-bond acceptors (Lipinski definition) is 5. The van der Waals surface area contributed by atoms with Gasteiger partial charge in [0.25, 0.3) is 0 Å². The van der Waals surface area contributed by atoms with Gasteiger partial charge in [0.1, 0.15) is 24.2 Å². The van der Waals surface area contributed by atoms with Gasteiger partial charge in [0.2, 0.25) is 21.8 Å². The molecule has 2 aromatic carbocycles. The first-order valence-electron chi connectivity index (χ1n) is 10.5. The molecular formula is C23H30FN3O5S. The van der Waals surface area contributed by atoms with E-state index in [0.29, 0.717) is 18.7 Å². The number of carbonyl (C=O) groups is 2. The van der Waals surface area contributed by atoms with Gasteiger partial charge in [-0.1, -0.05) is 19.1 Å². The summed E-state index contributed by atoms with van der Waals surface area (Å²) in [6.07, 6.45) is 1.31. The molecule has 1 atom stereocenters. The number of ether oxygens (including phenoxy) is 1. The first-order chi connectivity index (χ1) is 15.6. The molecule has 0 unspecified atom stereocenters. The van der Waals surface area contributed by atoms with Crippen LogP contribution >= 0.6 is 0 Å². The predicted molar refractivity (Wildman–Crippen MR) is 125 cm³/mol. The Bertz CT molecular complexity index is 1040. The zero-order chi connectivity index (χ0) is 24.6. The van der Waals surface area contributed by atoms with Gasteiger partial charge < -0.3 is 15.0 Å². The van der Waals surface area contributed by atoms with Crippen molar-refractivity contribution in [3.63, 3.8) is 0 Å². The van der Waals surface area contributed by atoms with E-state index >= 15 is 0 Å². The molecule has 0 aliphatic heterocycles. The van der Waals surface area contributed by atoms with Gasteiger partial charge in [0, 0.05) is 13.1 Å². The molecule has 2 amide bonds. The van der Waals surface area contributed by atoms with Crippen molar-refractivity contribution < 1.29 is 27.1 Å². The summed E-state index contributed by atoms with van der Waals surface area (Å²) in [5.74, 6) is -0.762. The van der Waals surface area contributed by atoms with Crippen molar-refractivity contribution in [1.82, 2.24) is 10.2 Å². The number of sulfonamides is 1. The number of rotatable bonds is 11. The predicted octanol–water partition coefficient (Wildman–Crippen LogP) is 2.54. The van der Waals surface area contributed by atoms with Crippen molar-refractivity contribution in [3.05, 3.63) is 59.9 Å². The molecule has 0 aromatic heterocycles. The molecule has 0 fully saturated rings. The largest absolute Gasteiger partial charge is 0.497 e.